The number of para-hydroxylation sites is 1. The first kappa shape index (κ1) is 15.9. The highest BCUT2D eigenvalue weighted by Crippen LogP contribution is 2.30. The largest absolute Gasteiger partial charge is 0.461 e. The number of carbonyl (C=O) groups is 1. The Kier molecular flexibility index (Phi) is 4.03. The van der Waals surface area contributed by atoms with Gasteiger partial charge in [-0.25, -0.2) is 0 Å². The Balaban J connectivity index is 1.63. The van der Waals surface area contributed by atoms with Crippen molar-refractivity contribution in [3.8, 4) is 0 Å². The average molecular weight is 338 g/mol. The van der Waals surface area contributed by atoms with Crippen LogP contribution >= 0.6 is 0 Å². The van der Waals surface area contributed by atoms with Crippen molar-refractivity contribution in [2.24, 2.45) is 0 Å². The summed E-state index contributed by atoms with van der Waals surface area (Å²) in [5.41, 5.74) is 1.45. The highest BCUT2D eigenvalue weighted by molar-refractivity contribution is 6.07. The number of furan rings is 1. The van der Waals surface area contributed by atoms with Crippen molar-refractivity contribution >= 4 is 16.9 Å². The van der Waals surface area contributed by atoms with Crippen LogP contribution in [-0.4, -0.2) is 38.7 Å². The van der Waals surface area contributed by atoms with Gasteiger partial charge in [0.05, 0.1) is 5.56 Å². The number of benzene rings is 1. The number of carbonyl (C=O) groups excluding carboxylic acids is 1. The highest BCUT2D eigenvalue weighted by Gasteiger charge is 2.30. The molecule has 6 nitrogen and oxygen atoms in total. The van der Waals surface area contributed by atoms with Gasteiger partial charge >= 0.3 is 0 Å². The summed E-state index contributed by atoms with van der Waals surface area (Å²) >= 11 is 0. The molecule has 0 radical (unpaired) electrons. The first-order valence-corrected chi connectivity index (χ1v) is 8.84. The summed E-state index contributed by atoms with van der Waals surface area (Å²) in [6, 6.07) is 7.72. The zero-order valence-corrected chi connectivity index (χ0v) is 14.6. The van der Waals surface area contributed by atoms with Crippen LogP contribution in [-0.2, 0) is 6.54 Å². The van der Waals surface area contributed by atoms with Gasteiger partial charge in [0, 0.05) is 30.9 Å². The van der Waals surface area contributed by atoms with E-state index >= 15 is 0 Å². The van der Waals surface area contributed by atoms with Crippen LogP contribution in [0.4, 0.5) is 0 Å². The maximum absolute atomic E-state index is 13.2. The van der Waals surface area contributed by atoms with Crippen LogP contribution in [0.5, 0.6) is 0 Å². The van der Waals surface area contributed by atoms with E-state index in [9.17, 15) is 4.79 Å². The molecule has 0 unspecified atom stereocenters. The quantitative estimate of drug-likeness (QED) is 0.734. The number of fused-ring (bicyclic) bond motifs is 1. The molecule has 6 heteroatoms. The molecule has 0 aliphatic carbocycles. The number of aromatic nitrogens is 3. The van der Waals surface area contributed by atoms with E-state index in [1.165, 1.54) is 0 Å². The number of amides is 1. The van der Waals surface area contributed by atoms with Gasteiger partial charge in [0.2, 0.25) is 0 Å². The Morgan fingerprint density at radius 2 is 2.20 bits per heavy atom. The minimum atomic E-state index is 0.0507. The summed E-state index contributed by atoms with van der Waals surface area (Å²) in [4.78, 5) is 15.1. The van der Waals surface area contributed by atoms with Gasteiger partial charge in [-0.3, -0.25) is 4.79 Å². The molecule has 3 heterocycles. The predicted octanol–water partition coefficient (Wildman–Crippen LogP) is 3.37. The normalized spacial score (nSPS) is 18.0. The summed E-state index contributed by atoms with van der Waals surface area (Å²) in [6.45, 7) is 6.24. The first-order valence-electron chi connectivity index (χ1n) is 8.84. The van der Waals surface area contributed by atoms with Gasteiger partial charge in [-0.15, -0.1) is 10.2 Å². The molecule has 1 amide bonds. The lowest BCUT2D eigenvalue weighted by Gasteiger charge is -2.32. The third kappa shape index (κ3) is 2.71. The fraction of sp³-hybridized carbons (Fsp3) is 0.421. The van der Waals surface area contributed by atoms with E-state index in [1.54, 1.807) is 6.33 Å². The SMILES string of the molecule is CCn1cnnc1[C@@H]1CCCN(C(=O)c2c(C)oc3ccccc23)C1. The average Bonchev–Trinajstić information content (AvgIpc) is 3.24. The first-order chi connectivity index (χ1) is 12.2. The van der Waals surface area contributed by atoms with Crippen LogP contribution in [0.25, 0.3) is 11.0 Å². The van der Waals surface area contributed by atoms with E-state index in [0.29, 0.717) is 17.9 Å². The van der Waals surface area contributed by atoms with Crippen LogP contribution in [0.2, 0.25) is 0 Å². The lowest BCUT2D eigenvalue weighted by atomic mass is 9.96. The number of nitrogens with zero attached hydrogens (tertiary/aromatic N) is 4. The van der Waals surface area contributed by atoms with Crippen LogP contribution < -0.4 is 0 Å². The number of aryl methyl sites for hydroxylation is 2. The molecular formula is C19H22N4O2. The lowest BCUT2D eigenvalue weighted by Crippen LogP contribution is -2.40. The Morgan fingerprint density at radius 3 is 3.04 bits per heavy atom. The molecule has 1 saturated heterocycles. The molecule has 1 aromatic carbocycles. The van der Waals surface area contributed by atoms with Crippen molar-refractivity contribution in [3.05, 3.63) is 47.7 Å². The second kappa shape index (κ2) is 6.35. The molecule has 130 valence electrons. The summed E-state index contributed by atoms with van der Waals surface area (Å²) in [7, 11) is 0. The minimum Gasteiger partial charge on any atom is -0.461 e. The van der Waals surface area contributed by atoms with Gasteiger partial charge in [0.1, 0.15) is 23.5 Å². The molecule has 1 atom stereocenters. The third-order valence-corrected chi connectivity index (χ3v) is 5.05. The summed E-state index contributed by atoms with van der Waals surface area (Å²) < 4.78 is 7.84. The molecule has 0 N–H and O–H groups in total. The fourth-order valence-electron chi connectivity index (χ4n) is 3.79. The van der Waals surface area contributed by atoms with E-state index in [2.05, 4.69) is 21.7 Å². The smallest absolute Gasteiger partial charge is 0.258 e. The summed E-state index contributed by atoms with van der Waals surface area (Å²) in [5, 5.41) is 9.22. The van der Waals surface area contributed by atoms with Gasteiger partial charge in [0.15, 0.2) is 0 Å². The second-order valence-electron chi connectivity index (χ2n) is 6.59. The number of hydrogen-bond donors (Lipinski definition) is 0. The number of rotatable bonds is 3. The summed E-state index contributed by atoms with van der Waals surface area (Å²) in [6.07, 6.45) is 3.78. The van der Waals surface area contributed by atoms with E-state index in [-0.39, 0.29) is 11.8 Å². The van der Waals surface area contributed by atoms with Gasteiger partial charge in [-0.1, -0.05) is 18.2 Å². The van der Waals surface area contributed by atoms with E-state index in [0.717, 1.165) is 42.7 Å². The Morgan fingerprint density at radius 1 is 1.36 bits per heavy atom. The Hall–Kier alpha value is -2.63. The van der Waals surface area contributed by atoms with E-state index in [4.69, 9.17) is 4.42 Å². The van der Waals surface area contributed by atoms with Crippen molar-refractivity contribution in [1.29, 1.82) is 0 Å². The van der Waals surface area contributed by atoms with Gasteiger partial charge < -0.3 is 13.9 Å². The van der Waals surface area contributed by atoms with Gasteiger partial charge in [-0.2, -0.15) is 0 Å². The fourth-order valence-corrected chi connectivity index (χ4v) is 3.79. The van der Waals surface area contributed by atoms with Crippen molar-refractivity contribution in [3.63, 3.8) is 0 Å². The van der Waals surface area contributed by atoms with Crippen molar-refractivity contribution in [2.75, 3.05) is 13.1 Å². The van der Waals surface area contributed by atoms with Crippen molar-refractivity contribution < 1.29 is 9.21 Å². The minimum absolute atomic E-state index is 0.0507. The van der Waals surface area contributed by atoms with Gasteiger partial charge in [0.25, 0.3) is 5.91 Å². The molecule has 2 aromatic heterocycles. The number of piperidine rings is 1. The maximum Gasteiger partial charge on any atom is 0.258 e. The molecule has 0 saturated carbocycles. The van der Waals surface area contributed by atoms with Crippen LogP contribution in [0.3, 0.4) is 0 Å². The Labute approximate surface area is 146 Å². The lowest BCUT2D eigenvalue weighted by molar-refractivity contribution is 0.0703. The standard InChI is InChI=1S/C19H22N4O2/c1-3-22-12-20-21-18(22)14-7-6-10-23(11-14)19(24)17-13(2)25-16-9-5-4-8-15(16)17/h4-5,8-9,12,14H,3,6-7,10-11H2,1-2H3/t14-/m1/s1. The topological polar surface area (TPSA) is 64.2 Å². The molecule has 1 aliphatic rings. The molecular weight excluding hydrogens is 316 g/mol. The second-order valence-corrected chi connectivity index (χ2v) is 6.59. The highest BCUT2D eigenvalue weighted by atomic mass is 16.3. The molecule has 1 aliphatic heterocycles. The molecule has 1 fully saturated rings. The molecule has 4 rings (SSSR count). The van der Waals surface area contributed by atoms with Crippen molar-refractivity contribution in [1.82, 2.24) is 19.7 Å². The zero-order chi connectivity index (χ0) is 17.4. The van der Waals surface area contributed by atoms with E-state index < -0.39 is 0 Å². The molecule has 25 heavy (non-hydrogen) atoms. The van der Waals surface area contributed by atoms with E-state index in [1.807, 2.05) is 36.1 Å². The predicted molar refractivity (Wildman–Crippen MR) is 94.5 cm³/mol. The molecule has 0 spiro atoms. The van der Waals surface area contributed by atoms with Crippen LogP contribution in [0.1, 0.15) is 47.6 Å². The molecule has 0 bridgehead atoms. The van der Waals surface area contributed by atoms with Crippen molar-refractivity contribution in [2.45, 2.75) is 39.2 Å². The summed E-state index contributed by atoms with van der Waals surface area (Å²) in [5.74, 6) is 1.95. The van der Waals surface area contributed by atoms with Crippen LogP contribution in [0, 0.1) is 6.92 Å². The third-order valence-electron chi connectivity index (χ3n) is 5.05. The monoisotopic (exact) mass is 338 g/mol. The number of likely N-dealkylation sites (tertiary alicyclic amines) is 1. The van der Waals surface area contributed by atoms with Gasteiger partial charge in [-0.05, 0) is 32.8 Å². The van der Waals surface area contributed by atoms with Crippen LogP contribution in [0.15, 0.2) is 35.0 Å². The number of hydrogen-bond acceptors (Lipinski definition) is 4. The Bertz CT molecular complexity index is 911. The maximum atomic E-state index is 13.2. The molecule has 3 aromatic rings. The zero-order valence-electron chi connectivity index (χ0n) is 14.6.